The number of nitrogens with zero attached hydrogens (tertiary/aromatic N) is 1. The smallest absolute Gasteiger partial charge is 0.408 e. The summed E-state index contributed by atoms with van der Waals surface area (Å²) in [4.78, 5) is 53.7. The van der Waals surface area contributed by atoms with Crippen molar-refractivity contribution in [1.82, 2.24) is 15.5 Å². The van der Waals surface area contributed by atoms with E-state index in [0.29, 0.717) is 5.56 Å². The lowest BCUT2D eigenvalue weighted by molar-refractivity contribution is -0.159. The van der Waals surface area contributed by atoms with Crippen LogP contribution >= 0.6 is 0 Å². The Morgan fingerprint density at radius 3 is 1.93 bits per heavy atom. The summed E-state index contributed by atoms with van der Waals surface area (Å²) in [5, 5.41) is 15.0. The van der Waals surface area contributed by atoms with Crippen LogP contribution in [0.5, 0.6) is 5.75 Å². The molecule has 10 heteroatoms. The zero-order valence-electron chi connectivity index (χ0n) is 24.5. The van der Waals surface area contributed by atoms with Gasteiger partial charge in [0.15, 0.2) is 0 Å². The fourth-order valence-corrected chi connectivity index (χ4v) is 3.85. The molecule has 0 saturated heterocycles. The minimum atomic E-state index is -1.20. The largest absolute Gasteiger partial charge is 0.508 e. The molecular weight excluding hydrogens is 514 g/mol. The number of carbonyl (C=O) groups is 4. The predicted octanol–water partition coefficient (Wildman–Crippen LogP) is 3.87. The maximum absolute atomic E-state index is 13.8. The Morgan fingerprint density at radius 1 is 0.850 bits per heavy atom. The number of hydrogen-bond acceptors (Lipinski definition) is 7. The molecule has 3 unspecified atom stereocenters. The lowest BCUT2D eigenvalue weighted by Crippen LogP contribution is -2.53. The second kappa shape index (κ2) is 13.3. The average molecular weight is 556 g/mol. The van der Waals surface area contributed by atoms with E-state index in [-0.39, 0.29) is 12.2 Å². The quantitative estimate of drug-likeness (QED) is 0.400. The first-order valence-electron chi connectivity index (χ1n) is 13.1. The van der Waals surface area contributed by atoms with Crippen LogP contribution in [0.15, 0.2) is 54.6 Å². The van der Waals surface area contributed by atoms with E-state index < -0.39 is 53.2 Å². The van der Waals surface area contributed by atoms with Gasteiger partial charge in [0.05, 0.1) is 0 Å². The minimum Gasteiger partial charge on any atom is -0.508 e. The van der Waals surface area contributed by atoms with Crippen molar-refractivity contribution < 1.29 is 33.8 Å². The highest BCUT2D eigenvalue weighted by Gasteiger charge is 2.35. The number of rotatable bonds is 9. The first kappa shape index (κ1) is 32.1. The molecule has 2 aromatic rings. The first-order chi connectivity index (χ1) is 18.5. The number of hydrogen-bond donors (Lipinski definition) is 3. The van der Waals surface area contributed by atoms with E-state index in [4.69, 9.17) is 9.47 Å². The SMILES string of the molecule is CC(NC(=O)OC(C)(C)C)C(=O)N(C)C(C(=O)NC(Cc1ccccc1)C(=O)OC(C)(C)C)c1ccc(O)cc1. The lowest BCUT2D eigenvalue weighted by Gasteiger charge is -2.32. The molecule has 40 heavy (non-hydrogen) atoms. The zero-order chi connectivity index (χ0) is 30.3. The summed E-state index contributed by atoms with van der Waals surface area (Å²) in [6.45, 7) is 11.8. The van der Waals surface area contributed by atoms with Crippen molar-refractivity contribution in [3.8, 4) is 5.75 Å². The Labute approximate surface area is 236 Å². The standard InChI is InChI=1S/C30H41N3O7/c1-19(31-28(38)40-30(5,6)7)26(36)33(8)24(21-14-16-22(34)17-15-21)25(35)32-23(27(37)39-29(2,3)4)18-20-12-10-9-11-13-20/h9-17,19,23-24,34H,18H2,1-8H3,(H,31,38)(H,32,35). The highest BCUT2D eigenvalue weighted by atomic mass is 16.6. The lowest BCUT2D eigenvalue weighted by atomic mass is 10.0. The monoisotopic (exact) mass is 555 g/mol. The molecule has 0 aliphatic heterocycles. The molecule has 10 nitrogen and oxygen atoms in total. The van der Waals surface area contributed by atoms with E-state index in [1.807, 2.05) is 30.3 Å². The van der Waals surface area contributed by atoms with Crippen LogP contribution in [-0.4, -0.2) is 64.2 Å². The van der Waals surface area contributed by atoms with Crippen LogP contribution in [0.3, 0.4) is 0 Å². The van der Waals surface area contributed by atoms with Crippen molar-refractivity contribution in [1.29, 1.82) is 0 Å². The van der Waals surface area contributed by atoms with Gasteiger partial charge in [0.2, 0.25) is 11.8 Å². The van der Waals surface area contributed by atoms with Gasteiger partial charge in [-0.15, -0.1) is 0 Å². The summed E-state index contributed by atoms with van der Waals surface area (Å²) in [6.07, 6.45) is -0.613. The number of phenols is 1. The van der Waals surface area contributed by atoms with Crippen LogP contribution < -0.4 is 10.6 Å². The molecule has 2 rings (SSSR count). The van der Waals surface area contributed by atoms with Gasteiger partial charge in [-0.2, -0.15) is 0 Å². The van der Waals surface area contributed by atoms with Gasteiger partial charge in [-0.05, 0) is 71.7 Å². The van der Waals surface area contributed by atoms with Crippen molar-refractivity contribution in [3.05, 3.63) is 65.7 Å². The molecule has 0 bridgehead atoms. The summed E-state index contributed by atoms with van der Waals surface area (Å²) in [6, 6.07) is 11.7. The van der Waals surface area contributed by atoms with E-state index >= 15 is 0 Å². The number of esters is 1. The molecule has 3 N–H and O–H groups in total. The number of nitrogens with one attached hydrogen (secondary N) is 2. The Morgan fingerprint density at radius 2 is 1.40 bits per heavy atom. The fraction of sp³-hybridized carbons (Fsp3) is 0.467. The number of carbonyl (C=O) groups excluding carboxylic acids is 4. The normalized spacial score (nSPS) is 13.8. The summed E-state index contributed by atoms with van der Waals surface area (Å²) in [5.41, 5.74) is -0.358. The molecule has 3 amide bonds. The Balaban J connectivity index is 2.36. The van der Waals surface area contributed by atoms with Gasteiger partial charge in [-0.1, -0.05) is 42.5 Å². The third kappa shape index (κ3) is 10.2. The van der Waals surface area contributed by atoms with Gasteiger partial charge < -0.3 is 30.1 Å². The maximum atomic E-state index is 13.8. The van der Waals surface area contributed by atoms with Crippen LogP contribution in [0.2, 0.25) is 0 Å². The molecule has 3 atom stereocenters. The van der Waals surface area contributed by atoms with E-state index in [0.717, 1.165) is 5.56 Å². The molecular formula is C30H41N3O7. The summed E-state index contributed by atoms with van der Waals surface area (Å²) < 4.78 is 10.8. The van der Waals surface area contributed by atoms with Crippen LogP contribution in [-0.2, 0) is 30.3 Å². The first-order valence-corrected chi connectivity index (χ1v) is 13.1. The molecule has 0 aliphatic rings. The van der Waals surface area contributed by atoms with Crippen molar-refractivity contribution in [2.75, 3.05) is 7.05 Å². The predicted molar refractivity (Wildman–Crippen MR) is 150 cm³/mol. The molecule has 2 aromatic carbocycles. The van der Waals surface area contributed by atoms with Gasteiger partial charge in [-0.3, -0.25) is 9.59 Å². The molecule has 218 valence electrons. The molecule has 0 aromatic heterocycles. The van der Waals surface area contributed by atoms with Gasteiger partial charge in [0, 0.05) is 13.5 Å². The number of likely N-dealkylation sites (N-methyl/N-ethyl adjacent to an activating group) is 1. The van der Waals surface area contributed by atoms with E-state index in [2.05, 4.69) is 10.6 Å². The van der Waals surface area contributed by atoms with Crippen molar-refractivity contribution in [2.24, 2.45) is 0 Å². The number of aromatic hydroxyl groups is 1. The number of amides is 3. The second-order valence-corrected chi connectivity index (χ2v) is 11.6. The topological polar surface area (TPSA) is 134 Å². The number of ether oxygens (including phenoxy) is 2. The maximum Gasteiger partial charge on any atom is 0.408 e. The summed E-state index contributed by atoms with van der Waals surface area (Å²) >= 11 is 0. The van der Waals surface area contributed by atoms with Gasteiger partial charge in [-0.25, -0.2) is 9.59 Å². The van der Waals surface area contributed by atoms with Crippen molar-refractivity contribution >= 4 is 23.9 Å². The zero-order valence-corrected chi connectivity index (χ0v) is 24.5. The third-order valence-corrected chi connectivity index (χ3v) is 5.59. The molecule has 0 saturated carbocycles. The van der Waals surface area contributed by atoms with Gasteiger partial charge >= 0.3 is 12.1 Å². The van der Waals surface area contributed by atoms with E-state index in [1.54, 1.807) is 41.5 Å². The Kier molecular flexibility index (Phi) is 10.7. The fourth-order valence-electron chi connectivity index (χ4n) is 3.85. The van der Waals surface area contributed by atoms with Gasteiger partial charge in [0.25, 0.3) is 0 Å². The van der Waals surface area contributed by atoms with Crippen LogP contribution in [0.1, 0.15) is 65.6 Å². The minimum absolute atomic E-state index is 0.0208. The molecule has 0 heterocycles. The van der Waals surface area contributed by atoms with Crippen molar-refractivity contribution in [2.45, 2.75) is 84.2 Å². The third-order valence-electron chi connectivity index (χ3n) is 5.59. The summed E-state index contributed by atoms with van der Waals surface area (Å²) in [5.74, 6) is -1.86. The van der Waals surface area contributed by atoms with Crippen LogP contribution in [0.4, 0.5) is 4.79 Å². The number of phenolic OH excluding ortho intramolecular Hbond substituents is 1. The second-order valence-electron chi connectivity index (χ2n) is 11.6. The average Bonchev–Trinajstić information content (AvgIpc) is 2.82. The molecule has 0 fully saturated rings. The Hall–Kier alpha value is -4.08. The number of alkyl carbamates (subject to hydrolysis) is 1. The summed E-state index contributed by atoms with van der Waals surface area (Å²) in [7, 11) is 1.42. The highest BCUT2D eigenvalue weighted by molar-refractivity contribution is 5.93. The highest BCUT2D eigenvalue weighted by Crippen LogP contribution is 2.24. The molecule has 0 spiro atoms. The van der Waals surface area contributed by atoms with Gasteiger partial charge in [0.1, 0.15) is 35.1 Å². The van der Waals surface area contributed by atoms with Crippen LogP contribution in [0, 0.1) is 0 Å². The van der Waals surface area contributed by atoms with E-state index in [1.165, 1.54) is 43.1 Å². The van der Waals surface area contributed by atoms with Crippen molar-refractivity contribution in [3.63, 3.8) is 0 Å². The number of benzene rings is 2. The Bertz CT molecular complexity index is 1170. The van der Waals surface area contributed by atoms with Crippen LogP contribution in [0.25, 0.3) is 0 Å². The molecule has 0 aliphatic carbocycles. The van der Waals surface area contributed by atoms with E-state index in [9.17, 15) is 24.3 Å². The molecule has 0 radical (unpaired) electrons.